The minimum absolute atomic E-state index is 0.103. The lowest BCUT2D eigenvalue weighted by Crippen LogP contribution is -2.43. The number of pyridine rings is 1. The first-order chi connectivity index (χ1) is 15.7. The van der Waals surface area contributed by atoms with Crippen molar-refractivity contribution in [2.45, 2.75) is 32.1 Å². The molecule has 1 atom stereocenters. The van der Waals surface area contributed by atoms with Gasteiger partial charge in [-0.1, -0.05) is 5.16 Å². The number of amides is 1. The van der Waals surface area contributed by atoms with E-state index < -0.39 is 0 Å². The van der Waals surface area contributed by atoms with Gasteiger partial charge in [0.1, 0.15) is 12.4 Å². The van der Waals surface area contributed by atoms with E-state index in [1.807, 2.05) is 29.0 Å². The summed E-state index contributed by atoms with van der Waals surface area (Å²) in [6.07, 6.45) is 10.2. The van der Waals surface area contributed by atoms with Crippen LogP contribution in [0.2, 0.25) is 0 Å². The molecule has 10 heteroatoms. The summed E-state index contributed by atoms with van der Waals surface area (Å²) in [5.74, 6) is 1.77. The van der Waals surface area contributed by atoms with Crippen molar-refractivity contribution in [1.82, 2.24) is 29.6 Å². The lowest BCUT2D eigenvalue weighted by atomic mass is 10.1. The molecule has 1 amide bonds. The van der Waals surface area contributed by atoms with Crippen molar-refractivity contribution in [3.63, 3.8) is 0 Å². The van der Waals surface area contributed by atoms with Crippen molar-refractivity contribution >= 4 is 5.91 Å². The first-order valence-electron chi connectivity index (χ1n) is 10.4. The number of hydrogen-bond acceptors (Lipinski definition) is 8. The topological polar surface area (TPSA) is 112 Å². The Morgan fingerprint density at radius 3 is 3.03 bits per heavy atom. The van der Waals surface area contributed by atoms with E-state index in [9.17, 15) is 4.79 Å². The highest BCUT2D eigenvalue weighted by molar-refractivity contribution is 5.91. The Bertz CT molecular complexity index is 1150. The van der Waals surface area contributed by atoms with Crippen molar-refractivity contribution in [3.05, 3.63) is 72.7 Å². The molecule has 164 valence electrons. The van der Waals surface area contributed by atoms with Crippen LogP contribution >= 0.6 is 0 Å². The van der Waals surface area contributed by atoms with E-state index in [1.165, 1.54) is 0 Å². The number of ether oxygens (including phenoxy) is 1. The minimum Gasteiger partial charge on any atom is -0.454 e. The van der Waals surface area contributed by atoms with Gasteiger partial charge in [0.15, 0.2) is 11.6 Å². The second kappa shape index (κ2) is 9.15. The largest absolute Gasteiger partial charge is 0.454 e. The molecule has 10 nitrogen and oxygen atoms in total. The SMILES string of the molecule is O=C(c1ccc(Cn2ccnc2)o1)N1CCCC(OCc2noc(-c3cccnc3)n2)C1. The maximum atomic E-state index is 12.9. The summed E-state index contributed by atoms with van der Waals surface area (Å²) in [5.41, 5.74) is 0.756. The van der Waals surface area contributed by atoms with E-state index in [2.05, 4.69) is 20.1 Å². The fourth-order valence-electron chi connectivity index (χ4n) is 3.66. The number of furan rings is 1. The van der Waals surface area contributed by atoms with Gasteiger partial charge in [-0.2, -0.15) is 4.98 Å². The molecule has 1 unspecified atom stereocenters. The van der Waals surface area contributed by atoms with Gasteiger partial charge >= 0.3 is 0 Å². The molecule has 1 aliphatic rings. The summed E-state index contributed by atoms with van der Waals surface area (Å²) < 4.78 is 18.9. The number of nitrogens with zero attached hydrogens (tertiary/aromatic N) is 6. The van der Waals surface area contributed by atoms with Crippen LogP contribution in [0.1, 0.15) is 35.0 Å². The molecular weight excluding hydrogens is 412 g/mol. The van der Waals surface area contributed by atoms with E-state index >= 15 is 0 Å². The van der Waals surface area contributed by atoms with Crippen LogP contribution in [0.5, 0.6) is 0 Å². The molecule has 5 rings (SSSR count). The fourth-order valence-corrected chi connectivity index (χ4v) is 3.66. The van der Waals surface area contributed by atoms with Gasteiger partial charge in [0, 0.05) is 37.9 Å². The van der Waals surface area contributed by atoms with Crippen LogP contribution in [0, 0.1) is 0 Å². The number of piperidine rings is 1. The number of hydrogen-bond donors (Lipinski definition) is 0. The highest BCUT2D eigenvalue weighted by atomic mass is 16.5. The molecule has 0 saturated carbocycles. The van der Waals surface area contributed by atoms with Crippen LogP contribution in [-0.2, 0) is 17.9 Å². The van der Waals surface area contributed by atoms with Gasteiger partial charge in [-0.25, -0.2) is 4.98 Å². The summed E-state index contributed by atoms with van der Waals surface area (Å²) in [6, 6.07) is 7.20. The van der Waals surface area contributed by atoms with E-state index in [-0.39, 0.29) is 18.6 Å². The highest BCUT2D eigenvalue weighted by Gasteiger charge is 2.27. The van der Waals surface area contributed by atoms with Gasteiger partial charge in [-0.15, -0.1) is 0 Å². The molecule has 0 radical (unpaired) electrons. The summed E-state index contributed by atoms with van der Waals surface area (Å²) in [5, 5.41) is 3.97. The van der Waals surface area contributed by atoms with Crippen LogP contribution < -0.4 is 0 Å². The average Bonchev–Trinajstić information content (AvgIpc) is 3.61. The Hall–Kier alpha value is -3.79. The third-order valence-electron chi connectivity index (χ3n) is 5.26. The van der Waals surface area contributed by atoms with Gasteiger partial charge in [0.05, 0.1) is 24.5 Å². The van der Waals surface area contributed by atoms with E-state index in [0.29, 0.717) is 42.9 Å². The zero-order valence-corrected chi connectivity index (χ0v) is 17.3. The summed E-state index contributed by atoms with van der Waals surface area (Å²) in [4.78, 5) is 27.1. The van der Waals surface area contributed by atoms with Crippen molar-refractivity contribution < 1.29 is 18.5 Å². The van der Waals surface area contributed by atoms with Gasteiger partial charge in [-0.05, 0) is 37.1 Å². The Kier molecular flexibility index (Phi) is 5.75. The molecule has 1 saturated heterocycles. The van der Waals surface area contributed by atoms with Crippen LogP contribution in [0.25, 0.3) is 11.5 Å². The Balaban J connectivity index is 1.16. The third-order valence-corrected chi connectivity index (χ3v) is 5.26. The first kappa shape index (κ1) is 20.1. The zero-order valence-electron chi connectivity index (χ0n) is 17.3. The third kappa shape index (κ3) is 4.59. The van der Waals surface area contributed by atoms with E-state index in [1.54, 1.807) is 35.9 Å². The molecule has 4 aromatic heterocycles. The Morgan fingerprint density at radius 2 is 2.19 bits per heavy atom. The van der Waals surface area contributed by atoms with Crippen LogP contribution in [0.3, 0.4) is 0 Å². The number of aromatic nitrogens is 5. The highest BCUT2D eigenvalue weighted by Crippen LogP contribution is 2.20. The lowest BCUT2D eigenvalue weighted by Gasteiger charge is -2.31. The summed E-state index contributed by atoms with van der Waals surface area (Å²) in [7, 11) is 0. The van der Waals surface area contributed by atoms with Crippen molar-refractivity contribution in [1.29, 1.82) is 0 Å². The first-order valence-corrected chi connectivity index (χ1v) is 10.4. The molecule has 32 heavy (non-hydrogen) atoms. The molecule has 0 N–H and O–H groups in total. The molecule has 0 aromatic carbocycles. The maximum absolute atomic E-state index is 12.9. The van der Waals surface area contributed by atoms with Gasteiger partial charge < -0.3 is 23.1 Å². The fraction of sp³-hybridized carbons (Fsp3) is 0.318. The average molecular weight is 434 g/mol. The molecule has 1 aliphatic heterocycles. The molecule has 0 aliphatic carbocycles. The standard InChI is InChI=1S/C22H22N6O4/c29-22(19-6-5-18(31-19)12-27-10-8-24-15-27)28-9-2-4-17(13-28)30-14-20-25-21(32-26-20)16-3-1-7-23-11-16/h1,3,5-8,10-11,15,17H,2,4,9,12-14H2. The Morgan fingerprint density at radius 1 is 1.22 bits per heavy atom. The van der Waals surface area contributed by atoms with Crippen molar-refractivity contribution in [3.8, 4) is 11.5 Å². The normalized spacial score (nSPS) is 16.4. The van der Waals surface area contributed by atoms with Gasteiger partial charge in [0.25, 0.3) is 11.8 Å². The van der Waals surface area contributed by atoms with Crippen LogP contribution in [0.15, 0.2) is 64.3 Å². The molecular formula is C22H22N6O4. The predicted molar refractivity (Wildman–Crippen MR) is 111 cm³/mol. The zero-order chi connectivity index (χ0) is 21.8. The number of imidazole rings is 1. The molecule has 0 bridgehead atoms. The molecule has 4 aromatic rings. The predicted octanol–water partition coefficient (Wildman–Crippen LogP) is 2.79. The Labute approximate surface area is 183 Å². The molecule has 1 fully saturated rings. The van der Waals surface area contributed by atoms with Gasteiger partial charge in [0.2, 0.25) is 0 Å². The number of rotatable bonds is 7. The summed E-state index contributed by atoms with van der Waals surface area (Å²) >= 11 is 0. The van der Waals surface area contributed by atoms with Crippen LogP contribution in [0.4, 0.5) is 0 Å². The van der Waals surface area contributed by atoms with Crippen LogP contribution in [-0.4, -0.2) is 54.7 Å². The maximum Gasteiger partial charge on any atom is 0.289 e. The van der Waals surface area contributed by atoms with E-state index in [0.717, 1.165) is 18.4 Å². The minimum atomic E-state index is -0.131. The second-order valence-corrected chi connectivity index (χ2v) is 7.58. The monoisotopic (exact) mass is 434 g/mol. The number of likely N-dealkylation sites (tertiary alicyclic amines) is 1. The molecule has 5 heterocycles. The van der Waals surface area contributed by atoms with Crippen molar-refractivity contribution in [2.24, 2.45) is 0 Å². The van der Waals surface area contributed by atoms with Crippen molar-refractivity contribution in [2.75, 3.05) is 13.1 Å². The smallest absolute Gasteiger partial charge is 0.289 e. The number of carbonyl (C=O) groups is 1. The second-order valence-electron chi connectivity index (χ2n) is 7.58. The van der Waals surface area contributed by atoms with E-state index in [4.69, 9.17) is 13.7 Å². The lowest BCUT2D eigenvalue weighted by molar-refractivity contribution is -0.0104. The quantitative estimate of drug-likeness (QED) is 0.436. The van der Waals surface area contributed by atoms with Gasteiger partial charge in [-0.3, -0.25) is 9.78 Å². The molecule has 0 spiro atoms. The number of carbonyl (C=O) groups excluding carboxylic acids is 1. The summed E-state index contributed by atoms with van der Waals surface area (Å²) in [6.45, 7) is 1.91.